The Morgan fingerprint density at radius 2 is 2.21 bits per heavy atom. The van der Waals surface area contributed by atoms with Gasteiger partial charge in [-0.15, -0.1) is 0 Å². The molecule has 0 saturated carbocycles. The Labute approximate surface area is 118 Å². The highest BCUT2D eigenvalue weighted by molar-refractivity contribution is 6.31. The van der Waals surface area contributed by atoms with Crippen LogP contribution >= 0.6 is 11.6 Å². The van der Waals surface area contributed by atoms with Crippen molar-refractivity contribution >= 4 is 22.6 Å². The Balaban J connectivity index is 2.18. The van der Waals surface area contributed by atoms with E-state index in [1.807, 2.05) is 6.07 Å². The maximum absolute atomic E-state index is 10.3. The molecule has 4 heteroatoms. The van der Waals surface area contributed by atoms with Gasteiger partial charge in [0.1, 0.15) is 5.65 Å². The first kappa shape index (κ1) is 12.9. The Hall–Kier alpha value is -1.06. The lowest BCUT2D eigenvalue weighted by molar-refractivity contribution is 0.0519. The van der Waals surface area contributed by atoms with Gasteiger partial charge in [0.15, 0.2) is 0 Å². The summed E-state index contributed by atoms with van der Waals surface area (Å²) in [5, 5.41) is 12.1. The molecule has 2 aromatic rings. The molecule has 0 bridgehead atoms. The molecule has 2 atom stereocenters. The summed E-state index contributed by atoms with van der Waals surface area (Å²) >= 11 is 6.04. The van der Waals surface area contributed by atoms with Gasteiger partial charge in [-0.2, -0.15) is 0 Å². The predicted octanol–water partition coefficient (Wildman–Crippen LogP) is 3.19. The Morgan fingerprint density at radius 3 is 2.89 bits per heavy atom. The Kier molecular flexibility index (Phi) is 3.06. The molecule has 2 aromatic heterocycles. The first-order chi connectivity index (χ1) is 8.99. The summed E-state index contributed by atoms with van der Waals surface area (Å²) in [5.74, 6) is 0.809. The molecule has 1 N–H and O–H groups in total. The fraction of sp³-hybridized carbons (Fsp3) is 0.533. The highest BCUT2D eigenvalue weighted by atomic mass is 35.5. The second-order valence-corrected chi connectivity index (χ2v) is 6.32. The molecule has 1 aliphatic heterocycles. The van der Waals surface area contributed by atoms with Crippen molar-refractivity contribution in [3.05, 3.63) is 28.5 Å². The molecule has 0 aliphatic carbocycles. The highest BCUT2D eigenvalue weighted by Gasteiger charge is 2.32. The van der Waals surface area contributed by atoms with Crippen molar-refractivity contribution in [1.29, 1.82) is 0 Å². The van der Waals surface area contributed by atoms with Crippen LogP contribution in [-0.4, -0.2) is 20.8 Å². The maximum atomic E-state index is 10.3. The van der Waals surface area contributed by atoms with E-state index in [0.717, 1.165) is 17.5 Å². The van der Waals surface area contributed by atoms with Crippen LogP contribution in [0.15, 0.2) is 12.3 Å². The number of fused-ring (bicyclic) bond motifs is 3. The zero-order valence-corrected chi connectivity index (χ0v) is 12.3. The number of halogens is 1. The summed E-state index contributed by atoms with van der Waals surface area (Å²) in [6.07, 6.45) is 2.30. The van der Waals surface area contributed by atoms with Crippen LogP contribution < -0.4 is 0 Å². The van der Waals surface area contributed by atoms with E-state index in [2.05, 4.69) is 30.3 Å². The molecule has 0 fully saturated rings. The summed E-state index contributed by atoms with van der Waals surface area (Å²) in [7, 11) is 0. The van der Waals surface area contributed by atoms with Gasteiger partial charge in [0.05, 0.1) is 17.7 Å². The number of pyridine rings is 1. The van der Waals surface area contributed by atoms with E-state index in [4.69, 9.17) is 11.6 Å². The smallest absolute Gasteiger partial charge is 0.140 e. The van der Waals surface area contributed by atoms with Crippen LogP contribution in [0.1, 0.15) is 25.1 Å². The van der Waals surface area contributed by atoms with Gasteiger partial charge < -0.3 is 9.67 Å². The SMILES string of the molecule is Cc1c2n(c3ncc(Cl)cc13)CC(O)C(C(C)C)C2. The molecule has 3 rings (SSSR count). The van der Waals surface area contributed by atoms with E-state index < -0.39 is 0 Å². The summed E-state index contributed by atoms with van der Waals surface area (Å²) in [5.41, 5.74) is 3.49. The Bertz CT molecular complexity index is 633. The molecule has 1 aliphatic rings. The van der Waals surface area contributed by atoms with Crippen LogP contribution in [0.2, 0.25) is 5.02 Å². The molecule has 3 heterocycles. The number of aromatic nitrogens is 2. The lowest BCUT2D eigenvalue weighted by Gasteiger charge is -2.32. The van der Waals surface area contributed by atoms with Gasteiger partial charge in [-0.25, -0.2) is 4.98 Å². The van der Waals surface area contributed by atoms with Crippen molar-refractivity contribution in [2.45, 2.75) is 39.8 Å². The normalized spacial score (nSPS) is 23.1. The number of aliphatic hydroxyl groups is 1. The van der Waals surface area contributed by atoms with Gasteiger partial charge in [-0.3, -0.25) is 0 Å². The number of hydrogen-bond acceptors (Lipinski definition) is 2. The van der Waals surface area contributed by atoms with Crippen LogP contribution in [-0.2, 0) is 13.0 Å². The topological polar surface area (TPSA) is 38.0 Å². The van der Waals surface area contributed by atoms with E-state index in [-0.39, 0.29) is 6.10 Å². The standard InChI is InChI=1S/C15H19ClN2O/c1-8(2)11-5-13-9(3)12-4-10(16)6-17-15(12)18(13)7-14(11)19/h4,6,8,11,14,19H,5,7H2,1-3H3. The molecule has 2 unspecified atom stereocenters. The molecule has 0 radical (unpaired) electrons. The molecule has 3 nitrogen and oxygen atoms in total. The van der Waals surface area contributed by atoms with Crippen molar-refractivity contribution in [3.8, 4) is 0 Å². The summed E-state index contributed by atoms with van der Waals surface area (Å²) in [6.45, 7) is 7.12. The molecule has 102 valence electrons. The molecule has 0 aromatic carbocycles. The van der Waals surface area contributed by atoms with E-state index in [1.165, 1.54) is 11.3 Å². The number of rotatable bonds is 1. The fourth-order valence-corrected chi connectivity index (χ4v) is 3.39. The molecular weight excluding hydrogens is 260 g/mol. The van der Waals surface area contributed by atoms with Gasteiger partial charge in [-0.05, 0) is 36.8 Å². The zero-order chi connectivity index (χ0) is 13.7. The monoisotopic (exact) mass is 278 g/mol. The average Bonchev–Trinajstić information content (AvgIpc) is 2.61. The van der Waals surface area contributed by atoms with Gasteiger partial charge in [-0.1, -0.05) is 25.4 Å². The van der Waals surface area contributed by atoms with Crippen LogP contribution in [0.5, 0.6) is 0 Å². The fourth-order valence-electron chi connectivity index (χ4n) is 3.23. The third-order valence-electron chi connectivity index (χ3n) is 4.40. The second kappa shape index (κ2) is 4.50. The summed E-state index contributed by atoms with van der Waals surface area (Å²) < 4.78 is 2.16. The van der Waals surface area contributed by atoms with Crippen LogP contribution in [0.4, 0.5) is 0 Å². The van der Waals surface area contributed by atoms with Gasteiger partial charge in [0.2, 0.25) is 0 Å². The molecule has 0 amide bonds. The van der Waals surface area contributed by atoms with Crippen molar-refractivity contribution in [1.82, 2.24) is 9.55 Å². The zero-order valence-electron chi connectivity index (χ0n) is 11.5. The lowest BCUT2D eigenvalue weighted by Crippen LogP contribution is -2.36. The summed E-state index contributed by atoms with van der Waals surface area (Å²) in [4.78, 5) is 4.44. The first-order valence-corrected chi connectivity index (χ1v) is 7.18. The number of nitrogens with zero attached hydrogens (tertiary/aromatic N) is 2. The second-order valence-electron chi connectivity index (χ2n) is 5.89. The van der Waals surface area contributed by atoms with Gasteiger partial charge >= 0.3 is 0 Å². The predicted molar refractivity (Wildman–Crippen MR) is 77.5 cm³/mol. The lowest BCUT2D eigenvalue weighted by atomic mass is 9.83. The molecule has 19 heavy (non-hydrogen) atoms. The number of aliphatic hydroxyl groups excluding tert-OH is 1. The maximum Gasteiger partial charge on any atom is 0.140 e. The van der Waals surface area contributed by atoms with Crippen molar-refractivity contribution in [3.63, 3.8) is 0 Å². The third-order valence-corrected chi connectivity index (χ3v) is 4.61. The minimum Gasteiger partial charge on any atom is -0.391 e. The molecular formula is C15H19ClN2O. The first-order valence-electron chi connectivity index (χ1n) is 6.80. The minimum absolute atomic E-state index is 0.292. The molecule has 0 saturated heterocycles. The molecule has 0 spiro atoms. The number of aryl methyl sites for hydroxylation is 1. The third kappa shape index (κ3) is 1.96. The van der Waals surface area contributed by atoms with Crippen molar-refractivity contribution < 1.29 is 5.11 Å². The van der Waals surface area contributed by atoms with E-state index in [9.17, 15) is 5.11 Å². The highest BCUT2D eigenvalue weighted by Crippen LogP contribution is 2.34. The minimum atomic E-state index is -0.292. The average molecular weight is 279 g/mol. The largest absolute Gasteiger partial charge is 0.391 e. The van der Waals surface area contributed by atoms with Gasteiger partial charge in [0.25, 0.3) is 0 Å². The van der Waals surface area contributed by atoms with E-state index in [1.54, 1.807) is 6.20 Å². The number of hydrogen-bond donors (Lipinski definition) is 1. The van der Waals surface area contributed by atoms with Crippen LogP contribution in [0, 0.1) is 18.8 Å². The van der Waals surface area contributed by atoms with E-state index >= 15 is 0 Å². The van der Waals surface area contributed by atoms with Crippen molar-refractivity contribution in [2.24, 2.45) is 11.8 Å². The van der Waals surface area contributed by atoms with E-state index in [0.29, 0.717) is 23.4 Å². The quantitative estimate of drug-likeness (QED) is 0.870. The van der Waals surface area contributed by atoms with Crippen LogP contribution in [0.25, 0.3) is 11.0 Å². The van der Waals surface area contributed by atoms with Gasteiger partial charge in [0, 0.05) is 17.3 Å². The Morgan fingerprint density at radius 1 is 1.47 bits per heavy atom. The van der Waals surface area contributed by atoms with Crippen molar-refractivity contribution in [2.75, 3.05) is 0 Å². The van der Waals surface area contributed by atoms with Crippen LogP contribution in [0.3, 0.4) is 0 Å². The summed E-state index contributed by atoms with van der Waals surface area (Å²) in [6, 6.07) is 1.97.